The zero-order chi connectivity index (χ0) is 20.5. The van der Waals surface area contributed by atoms with Crippen molar-refractivity contribution >= 4 is 22.8 Å². The Kier molecular flexibility index (Phi) is 4.89. The molecule has 3 aromatic rings. The summed E-state index contributed by atoms with van der Waals surface area (Å²) < 4.78 is 13.7. The van der Waals surface area contributed by atoms with Crippen LogP contribution in [0, 0.1) is 11.7 Å². The largest absolute Gasteiger partial charge is 0.507 e. The van der Waals surface area contributed by atoms with E-state index in [4.69, 9.17) is 0 Å². The summed E-state index contributed by atoms with van der Waals surface area (Å²) in [6.07, 6.45) is -1.05. The molecule has 1 fully saturated rings. The van der Waals surface area contributed by atoms with Crippen LogP contribution in [0.4, 0.5) is 15.0 Å². The van der Waals surface area contributed by atoms with Crippen LogP contribution in [0.3, 0.4) is 0 Å². The van der Waals surface area contributed by atoms with Gasteiger partial charge in [-0.3, -0.25) is 0 Å². The van der Waals surface area contributed by atoms with Crippen molar-refractivity contribution in [2.75, 3.05) is 25.0 Å². The van der Waals surface area contributed by atoms with Crippen molar-refractivity contribution in [3.05, 3.63) is 48.3 Å². The quantitative estimate of drug-likeness (QED) is 0.533. The number of carbonyl (C=O) groups is 1. The molecule has 2 unspecified atom stereocenters. The molecule has 9 heteroatoms. The number of anilines is 1. The molecule has 1 aromatic heterocycles. The first kappa shape index (κ1) is 18.9. The van der Waals surface area contributed by atoms with Crippen LogP contribution < -0.4 is 5.32 Å². The summed E-state index contributed by atoms with van der Waals surface area (Å²) in [5.74, 6) is -0.427. The SMILES string of the molecule is O=C(O)N1CC(CO)C(Nc2nc(-c3cc(F)ccc3O)nc3ccccc23)C1. The highest BCUT2D eigenvalue weighted by atomic mass is 19.1. The minimum atomic E-state index is -1.05. The van der Waals surface area contributed by atoms with Crippen molar-refractivity contribution < 1.29 is 24.5 Å². The molecule has 4 rings (SSSR count). The molecule has 29 heavy (non-hydrogen) atoms. The highest BCUT2D eigenvalue weighted by molar-refractivity contribution is 5.91. The Hall–Kier alpha value is -3.46. The Labute approximate surface area is 165 Å². The van der Waals surface area contributed by atoms with Crippen LogP contribution in [0.1, 0.15) is 0 Å². The molecule has 1 saturated heterocycles. The van der Waals surface area contributed by atoms with Crippen molar-refractivity contribution in [2.24, 2.45) is 5.92 Å². The average Bonchev–Trinajstić information content (AvgIpc) is 3.13. The lowest BCUT2D eigenvalue weighted by Gasteiger charge is -2.20. The van der Waals surface area contributed by atoms with E-state index in [0.717, 1.165) is 12.1 Å². The molecule has 2 aromatic carbocycles. The summed E-state index contributed by atoms with van der Waals surface area (Å²) in [6.45, 7) is 0.228. The standard InChI is InChI=1S/C20H19FN4O4/c21-12-5-6-17(27)14(7-12)19-22-15-4-2-1-3-13(15)18(24-19)23-16-9-25(20(28)29)8-11(16)10-26/h1-7,11,16,26-27H,8-10H2,(H,28,29)(H,22,23,24). The average molecular weight is 398 g/mol. The number of nitrogens with zero attached hydrogens (tertiary/aromatic N) is 3. The Morgan fingerprint density at radius 1 is 1.21 bits per heavy atom. The van der Waals surface area contributed by atoms with Gasteiger partial charge in [0.25, 0.3) is 0 Å². The van der Waals surface area contributed by atoms with Crippen molar-refractivity contribution in [3.63, 3.8) is 0 Å². The molecule has 0 bridgehead atoms. The minimum Gasteiger partial charge on any atom is -0.507 e. The van der Waals surface area contributed by atoms with E-state index in [1.54, 1.807) is 12.1 Å². The summed E-state index contributed by atoms with van der Waals surface area (Å²) >= 11 is 0. The van der Waals surface area contributed by atoms with Gasteiger partial charge in [-0.05, 0) is 30.3 Å². The van der Waals surface area contributed by atoms with Gasteiger partial charge in [-0.25, -0.2) is 19.2 Å². The highest BCUT2D eigenvalue weighted by Crippen LogP contribution is 2.32. The molecule has 0 saturated carbocycles. The second-order valence-electron chi connectivity index (χ2n) is 6.96. The van der Waals surface area contributed by atoms with Crippen LogP contribution in [0.5, 0.6) is 5.75 Å². The maximum absolute atomic E-state index is 13.7. The zero-order valence-corrected chi connectivity index (χ0v) is 15.3. The summed E-state index contributed by atoms with van der Waals surface area (Å²) in [5, 5.41) is 33.0. The van der Waals surface area contributed by atoms with Gasteiger partial charge in [0.15, 0.2) is 5.82 Å². The molecule has 1 aliphatic heterocycles. The molecular formula is C20H19FN4O4. The first-order chi connectivity index (χ1) is 14.0. The van der Waals surface area contributed by atoms with Crippen LogP contribution in [0.2, 0.25) is 0 Å². The lowest BCUT2D eigenvalue weighted by atomic mass is 10.0. The van der Waals surface area contributed by atoms with Gasteiger partial charge in [0.05, 0.1) is 17.1 Å². The second kappa shape index (κ2) is 7.51. The topological polar surface area (TPSA) is 119 Å². The molecule has 2 atom stereocenters. The summed E-state index contributed by atoms with van der Waals surface area (Å²) in [7, 11) is 0. The number of benzene rings is 2. The summed E-state index contributed by atoms with van der Waals surface area (Å²) in [5.41, 5.74) is 0.730. The van der Waals surface area contributed by atoms with E-state index in [1.165, 1.54) is 11.0 Å². The number of aliphatic hydroxyl groups excluding tert-OH is 1. The van der Waals surface area contributed by atoms with Gasteiger partial charge in [-0.1, -0.05) is 12.1 Å². The Morgan fingerprint density at radius 3 is 2.76 bits per heavy atom. The van der Waals surface area contributed by atoms with Crippen LogP contribution in [0.15, 0.2) is 42.5 Å². The van der Waals surface area contributed by atoms with Crippen molar-refractivity contribution in [3.8, 4) is 17.1 Å². The number of hydrogen-bond acceptors (Lipinski definition) is 6. The molecule has 4 N–H and O–H groups in total. The van der Waals surface area contributed by atoms with E-state index in [9.17, 15) is 24.5 Å². The maximum Gasteiger partial charge on any atom is 0.407 e. The number of likely N-dealkylation sites (tertiary alicyclic amines) is 1. The van der Waals surface area contributed by atoms with Crippen molar-refractivity contribution in [1.82, 2.24) is 14.9 Å². The first-order valence-corrected chi connectivity index (χ1v) is 9.07. The number of aromatic hydroxyl groups is 1. The molecule has 1 aliphatic rings. The molecular weight excluding hydrogens is 379 g/mol. The van der Waals surface area contributed by atoms with E-state index >= 15 is 0 Å². The number of aliphatic hydroxyl groups is 1. The molecule has 0 radical (unpaired) electrons. The smallest absolute Gasteiger partial charge is 0.407 e. The maximum atomic E-state index is 13.7. The van der Waals surface area contributed by atoms with Gasteiger partial charge in [-0.2, -0.15) is 0 Å². The van der Waals surface area contributed by atoms with Gasteiger partial charge in [0.1, 0.15) is 17.4 Å². The van der Waals surface area contributed by atoms with Crippen LogP contribution >= 0.6 is 0 Å². The molecule has 1 amide bonds. The van der Waals surface area contributed by atoms with Gasteiger partial charge in [0, 0.05) is 31.0 Å². The van der Waals surface area contributed by atoms with E-state index < -0.39 is 11.9 Å². The second-order valence-corrected chi connectivity index (χ2v) is 6.96. The summed E-state index contributed by atoms with van der Waals surface area (Å²) in [4.78, 5) is 21.5. The van der Waals surface area contributed by atoms with E-state index in [0.29, 0.717) is 16.7 Å². The van der Waals surface area contributed by atoms with Gasteiger partial charge in [-0.15, -0.1) is 0 Å². The third-order valence-electron chi connectivity index (χ3n) is 5.07. The molecule has 0 spiro atoms. The Balaban J connectivity index is 1.77. The molecule has 8 nitrogen and oxygen atoms in total. The predicted octanol–water partition coefficient (Wildman–Crippen LogP) is 2.52. The van der Waals surface area contributed by atoms with Crippen LogP contribution in [-0.2, 0) is 0 Å². The number of phenols is 1. The third-order valence-corrected chi connectivity index (χ3v) is 5.07. The summed E-state index contributed by atoms with van der Waals surface area (Å²) in [6, 6.07) is 10.4. The number of para-hydroxylation sites is 1. The molecule has 2 heterocycles. The fourth-order valence-electron chi connectivity index (χ4n) is 3.55. The van der Waals surface area contributed by atoms with Crippen LogP contribution in [0.25, 0.3) is 22.3 Å². The monoisotopic (exact) mass is 398 g/mol. The van der Waals surface area contributed by atoms with Crippen molar-refractivity contribution in [1.29, 1.82) is 0 Å². The fraction of sp³-hybridized carbons (Fsp3) is 0.250. The first-order valence-electron chi connectivity index (χ1n) is 9.07. The van der Waals surface area contributed by atoms with E-state index in [1.807, 2.05) is 12.1 Å². The number of rotatable bonds is 4. The lowest BCUT2D eigenvalue weighted by Crippen LogP contribution is -2.32. The van der Waals surface area contributed by atoms with Gasteiger partial charge >= 0.3 is 6.09 Å². The van der Waals surface area contributed by atoms with Gasteiger partial charge in [0.2, 0.25) is 0 Å². The van der Waals surface area contributed by atoms with Crippen LogP contribution in [-0.4, -0.2) is 62.0 Å². The highest BCUT2D eigenvalue weighted by Gasteiger charge is 2.35. The number of nitrogens with one attached hydrogen (secondary N) is 1. The number of aromatic nitrogens is 2. The lowest BCUT2D eigenvalue weighted by molar-refractivity contribution is 0.150. The molecule has 0 aliphatic carbocycles. The fourth-order valence-corrected chi connectivity index (χ4v) is 3.55. The minimum absolute atomic E-state index is 0.136. The van der Waals surface area contributed by atoms with E-state index in [2.05, 4.69) is 15.3 Å². The van der Waals surface area contributed by atoms with E-state index in [-0.39, 0.29) is 48.8 Å². The zero-order valence-electron chi connectivity index (χ0n) is 15.3. The number of phenolic OH excluding ortho intramolecular Hbond substituents is 1. The molecule has 150 valence electrons. The predicted molar refractivity (Wildman–Crippen MR) is 104 cm³/mol. The number of amides is 1. The Bertz CT molecular complexity index is 1080. The number of fused-ring (bicyclic) bond motifs is 1. The number of halogens is 1. The number of carboxylic acid groups (broad SMARTS) is 1. The number of hydrogen-bond donors (Lipinski definition) is 4. The Morgan fingerprint density at radius 2 is 2.00 bits per heavy atom. The van der Waals surface area contributed by atoms with Crippen molar-refractivity contribution in [2.45, 2.75) is 6.04 Å². The van der Waals surface area contributed by atoms with Gasteiger partial charge < -0.3 is 25.5 Å². The third kappa shape index (κ3) is 3.64. The normalized spacial score (nSPS) is 18.9.